The number of nitrogens with zero attached hydrogens (tertiary/aromatic N) is 2. The molecule has 21 heavy (non-hydrogen) atoms. The van der Waals surface area contributed by atoms with Crippen molar-refractivity contribution in [3.05, 3.63) is 29.8 Å². The highest BCUT2D eigenvalue weighted by atomic mass is 16.4. The minimum atomic E-state index is -1.14. The first kappa shape index (κ1) is 14.8. The number of amides is 3. The molecule has 1 atom stereocenters. The lowest BCUT2D eigenvalue weighted by atomic mass is 10.2. The molecule has 0 aromatic heterocycles. The van der Waals surface area contributed by atoms with Crippen molar-refractivity contribution in [2.24, 2.45) is 0 Å². The van der Waals surface area contributed by atoms with Gasteiger partial charge < -0.3 is 10.4 Å². The Bertz CT molecular complexity index is 570. The van der Waals surface area contributed by atoms with Crippen molar-refractivity contribution in [2.45, 2.75) is 13.0 Å². The molecule has 1 unspecified atom stereocenters. The third-order valence-electron chi connectivity index (χ3n) is 3.42. The van der Waals surface area contributed by atoms with Crippen molar-refractivity contribution in [1.82, 2.24) is 10.2 Å². The first-order valence-electron chi connectivity index (χ1n) is 6.50. The van der Waals surface area contributed by atoms with Gasteiger partial charge in [-0.2, -0.15) is 0 Å². The van der Waals surface area contributed by atoms with Crippen LogP contribution in [0, 0.1) is 6.92 Å². The smallest absolute Gasteiger partial charge is 0.328 e. The number of hydrogen-bond acceptors (Lipinski definition) is 3. The Balaban J connectivity index is 2.21. The second-order valence-corrected chi connectivity index (χ2v) is 4.96. The normalized spacial score (nSPS) is 18.1. The molecule has 1 aromatic carbocycles. The topological polar surface area (TPSA) is 90.0 Å². The van der Waals surface area contributed by atoms with E-state index in [1.807, 2.05) is 19.1 Å². The van der Waals surface area contributed by atoms with Gasteiger partial charge in [0.15, 0.2) is 0 Å². The number of urea groups is 1. The van der Waals surface area contributed by atoms with Crippen LogP contribution in [-0.4, -0.2) is 54.1 Å². The molecule has 0 aliphatic carbocycles. The zero-order valence-corrected chi connectivity index (χ0v) is 11.9. The molecule has 1 fully saturated rings. The molecule has 7 heteroatoms. The summed E-state index contributed by atoms with van der Waals surface area (Å²) in [7, 11) is 1.55. The van der Waals surface area contributed by atoms with Crippen LogP contribution in [0.15, 0.2) is 24.3 Å². The largest absolute Gasteiger partial charge is 0.480 e. The van der Waals surface area contributed by atoms with Gasteiger partial charge in [-0.3, -0.25) is 14.6 Å². The summed E-state index contributed by atoms with van der Waals surface area (Å²) in [5.74, 6) is -1.50. The number of carbonyl (C=O) groups excluding carboxylic acids is 2. The van der Waals surface area contributed by atoms with Gasteiger partial charge in [-0.1, -0.05) is 17.7 Å². The molecule has 3 amide bonds. The van der Waals surface area contributed by atoms with E-state index in [9.17, 15) is 14.4 Å². The SMILES string of the molecule is Cc1ccc(N(C)C(=O)N2CC(=O)NCC2C(=O)O)cc1. The molecule has 1 aliphatic rings. The van der Waals surface area contributed by atoms with Gasteiger partial charge in [0.05, 0.1) is 0 Å². The van der Waals surface area contributed by atoms with E-state index in [0.717, 1.165) is 10.5 Å². The summed E-state index contributed by atoms with van der Waals surface area (Å²) in [6.45, 7) is 1.59. The molecular weight excluding hydrogens is 274 g/mol. The fourth-order valence-electron chi connectivity index (χ4n) is 2.13. The average molecular weight is 291 g/mol. The summed E-state index contributed by atoms with van der Waals surface area (Å²) in [5.41, 5.74) is 1.70. The Labute approximate surface area is 122 Å². The van der Waals surface area contributed by atoms with E-state index < -0.39 is 18.0 Å². The van der Waals surface area contributed by atoms with Crippen LogP contribution < -0.4 is 10.2 Å². The van der Waals surface area contributed by atoms with Gasteiger partial charge in [0.25, 0.3) is 0 Å². The molecule has 112 valence electrons. The molecule has 2 rings (SSSR count). The fraction of sp³-hybridized carbons (Fsp3) is 0.357. The number of carbonyl (C=O) groups is 3. The predicted molar refractivity (Wildman–Crippen MR) is 76.1 cm³/mol. The number of piperazine rings is 1. The molecule has 0 spiro atoms. The number of anilines is 1. The number of nitrogens with one attached hydrogen (secondary N) is 1. The third-order valence-corrected chi connectivity index (χ3v) is 3.42. The van der Waals surface area contributed by atoms with Crippen LogP contribution in [0.5, 0.6) is 0 Å². The molecule has 2 N–H and O–H groups in total. The van der Waals surface area contributed by atoms with Gasteiger partial charge >= 0.3 is 12.0 Å². The second kappa shape index (κ2) is 5.82. The van der Waals surface area contributed by atoms with Crippen molar-refractivity contribution in [3.8, 4) is 0 Å². The lowest BCUT2D eigenvalue weighted by Gasteiger charge is -2.35. The van der Waals surface area contributed by atoms with Crippen molar-refractivity contribution in [1.29, 1.82) is 0 Å². The minimum Gasteiger partial charge on any atom is -0.480 e. The number of hydrogen-bond donors (Lipinski definition) is 2. The Morgan fingerprint density at radius 3 is 2.52 bits per heavy atom. The monoisotopic (exact) mass is 291 g/mol. The Hall–Kier alpha value is -2.57. The highest BCUT2D eigenvalue weighted by Gasteiger charge is 2.36. The van der Waals surface area contributed by atoms with Crippen molar-refractivity contribution >= 4 is 23.6 Å². The summed E-state index contributed by atoms with van der Waals surface area (Å²) in [6, 6.07) is 5.69. The van der Waals surface area contributed by atoms with E-state index in [-0.39, 0.29) is 19.0 Å². The molecule has 7 nitrogen and oxygen atoms in total. The standard InChI is InChI=1S/C14H17N3O4/c1-9-3-5-10(6-4-9)16(2)14(21)17-8-12(18)15-7-11(17)13(19)20/h3-6,11H,7-8H2,1-2H3,(H,15,18)(H,19,20). The van der Waals surface area contributed by atoms with E-state index in [4.69, 9.17) is 5.11 Å². The van der Waals surface area contributed by atoms with Crippen LogP contribution in [0.4, 0.5) is 10.5 Å². The van der Waals surface area contributed by atoms with E-state index >= 15 is 0 Å². The molecule has 0 radical (unpaired) electrons. The summed E-state index contributed by atoms with van der Waals surface area (Å²) in [4.78, 5) is 37.5. The highest BCUT2D eigenvalue weighted by Crippen LogP contribution is 2.17. The lowest BCUT2D eigenvalue weighted by Crippen LogP contribution is -2.61. The summed E-state index contributed by atoms with van der Waals surface area (Å²) >= 11 is 0. The van der Waals surface area contributed by atoms with Crippen molar-refractivity contribution in [3.63, 3.8) is 0 Å². The number of benzene rings is 1. The molecule has 1 heterocycles. The van der Waals surface area contributed by atoms with Crippen molar-refractivity contribution in [2.75, 3.05) is 25.0 Å². The predicted octanol–water partition coefficient (Wildman–Crippen LogP) is 0.436. The van der Waals surface area contributed by atoms with Crippen LogP contribution in [0.2, 0.25) is 0 Å². The number of rotatable bonds is 2. The van der Waals surface area contributed by atoms with Gasteiger partial charge in [-0.25, -0.2) is 9.59 Å². The quantitative estimate of drug-likeness (QED) is 0.827. The van der Waals surface area contributed by atoms with E-state index in [1.165, 1.54) is 4.90 Å². The van der Waals surface area contributed by atoms with Crippen LogP contribution in [0.3, 0.4) is 0 Å². The summed E-state index contributed by atoms with van der Waals surface area (Å²) in [6.07, 6.45) is 0. The summed E-state index contributed by atoms with van der Waals surface area (Å²) < 4.78 is 0. The van der Waals surface area contributed by atoms with Crippen LogP contribution >= 0.6 is 0 Å². The summed E-state index contributed by atoms with van der Waals surface area (Å²) in [5, 5.41) is 11.6. The average Bonchev–Trinajstić information content (AvgIpc) is 2.46. The fourth-order valence-corrected chi connectivity index (χ4v) is 2.13. The van der Waals surface area contributed by atoms with Gasteiger partial charge in [-0.15, -0.1) is 0 Å². The van der Waals surface area contributed by atoms with Gasteiger partial charge in [-0.05, 0) is 19.1 Å². The Kier molecular flexibility index (Phi) is 4.11. The number of aliphatic carboxylic acids is 1. The number of carboxylic acid groups (broad SMARTS) is 1. The zero-order chi connectivity index (χ0) is 15.6. The van der Waals surface area contributed by atoms with Crippen LogP contribution in [0.25, 0.3) is 0 Å². The maximum absolute atomic E-state index is 12.5. The molecule has 1 aliphatic heterocycles. The van der Waals surface area contributed by atoms with Crippen molar-refractivity contribution < 1.29 is 19.5 Å². The number of carboxylic acids is 1. The zero-order valence-electron chi connectivity index (χ0n) is 11.9. The maximum atomic E-state index is 12.5. The maximum Gasteiger partial charge on any atom is 0.328 e. The Morgan fingerprint density at radius 1 is 1.33 bits per heavy atom. The van der Waals surface area contributed by atoms with Crippen LogP contribution in [0.1, 0.15) is 5.56 Å². The Morgan fingerprint density at radius 2 is 1.95 bits per heavy atom. The van der Waals surface area contributed by atoms with Gasteiger partial charge in [0.2, 0.25) is 5.91 Å². The van der Waals surface area contributed by atoms with Gasteiger partial charge in [0, 0.05) is 19.3 Å². The lowest BCUT2D eigenvalue weighted by molar-refractivity contribution is -0.144. The minimum absolute atomic E-state index is 0.0817. The highest BCUT2D eigenvalue weighted by molar-refractivity contribution is 5.97. The van der Waals surface area contributed by atoms with E-state index in [0.29, 0.717) is 5.69 Å². The second-order valence-electron chi connectivity index (χ2n) is 4.96. The first-order chi connectivity index (χ1) is 9.90. The molecule has 1 saturated heterocycles. The van der Waals surface area contributed by atoms with Crippen LogP contribution in [-0.2, 0) is 9.59 Å². The molecule has 0 bridgehead atoms. The number of aryl methyl sites for hydroxylation is 1. The van der Waals surface area contributed by atoms with E-state index in [1.54, 1.807) is 19.2 Å². The molecule has 0 saturated carbocycles. The molecular formula is C14H17N3O4. The third kappa shape index (κ3) is 3.13. The van der Waals surface area contributed by atoms with Gasteiger partial charge in [0.1, 0.15) is 12.6 Å². The first-order valence-corrected chi connectivity index (χ1v) is 6.50. The molecule has 1 aromatic rings. The van der Waals surface area contributed by atoms with E-state index in [2.05, 4.69) is 5.32 Å².